The Kier molecular flexibility index (Phi) is 4.07. The second-order valence-electron chi connectivity index (χ2n) is 5.34. The maximum absolute atomic E-state index is 12.0. The molecule has 5 nitrogen and oxygen atoms in total. The van der Waals surface area contributed by atoms with E-state index >= 15 is 0 Å². The Morgan fingerprint density at radius 1 is 1.41 bits per heavy atom. The van der Waals surface area contributed by atoms with Gasteiger partial charge in [-0.2, -0.15) is 0 Å². The molecule has 2 saturated heterocycles. The molecule has 2 fully saturated rings. The molecule has 0 aromatic rings. The van der Waals surface area contributed by atoms with Crippen molar-refractivity contribution in [2.45, 2.75) is 31.9 Å². The Labute approximate surface area is 104 Å². The number of hydrogen-bond acceptors (Lipinski definition) is 4. The summed E-state index contributed by atoms with van der Waals surface area (Å²) in [4.78, 5) is 2.16. The van der Waals surface area contributed by atoms with Crippen LogP contribution >= 0.6 is 0 Å². The third-order valence-corrected chi connectivity index (χ3v) is 5.03. The van der Waals surface area contributed by atoms with Gasteiger partial charge in [0, 0.05) is 25.7 Å². The van der Waals surface area contributed by atoms with E-state index < -0.39 is 10.0 Å². The first kappa shape index (κ1) is 13.3. The van der Waals surface area contributed by atoms with Crippen LogP contribution in [0.3, 0.4) is 0 Å². The number of sulfonamides is 1. The van der Waals surface area contributed by atoms with Crippen molar-refractivity contribution < 1.29 is 13.2 Å². The Bertz CT molecular complexity index is 352. The zero-order chi connectivity index (χ0) is 12.5. The summed E-state index contributed by atoms with van der Waals surface area (Å²) >= 11 is 0. The van der Waals surface area contributed by atoms with E-state index in [1.807, 2.05) is 7.05 Å². The minimum atomic E-state index is -3.21. The maximum atomic E-state index is 12.0. The number of ether oxygens (including phenoxy) is 1. The molecule has 2 aliphatic rings. The highest BCUT2D eigenvalue weighted by molar-refractivity contribution is 7.89. The van der Waals surface area contributed by atoms with Crippen molar-refractivity contribution in [1.29, 1.82) is 0 Å². The quantitative estimate of drug-likeness (QED) is 0.777. The summed E-state index contributed by atoms with van der Waals surface area (Å²) in [5.41, 5.74) is 0. The van der Waals surface area contributed by atoms with Crippen molar-refractivity contribution in [2.75, 3.05) is 32.5 Å². The highest BCUT2D eigenvalue weighted by Crippen LogP contribution is 2.17. The van der Waals surface area contributed by atoms with Gasteiger partial charge in [0.1, 0.15) is 0 Å². The SMILES string of the molecule is C[C@@H]1CN(C)C[C@H]1NS(=O)(=O)C[C@@H]1CCCO1. The lowest BCUT2D eigenvalue weighted by Gasteiger charge is -2.18. The van der Waals surface area contributed by atoms with Gasteiger partial charge in [0.2, 0.25) is 10.0 Å². The Morgan fingerprint density at radius 2 is 2.18 bits per heavy atom. The Balaban J connectivity index is 1.88. The fourth-order valence-corrected chi connectivity index (χ4v) is 4.28. The van der Waals surface area contributed by atoms with Crippen LogP contribution in [0.15, 0.2) is 0 Å². The van der Waals surface area contributed by atoms with Crippen LogP contribution in [0.4, 0.5) is 0 Å². The Hall–Kier alpha value is -0.170. The smallest absolute Gasteiger partial charge is 0.214 e. The molecule has 0 aromatic carbocycles. The van der Waals surface area contributed by atoms with Crippen molar-refractivity contribution >= 4 is 10.0 Å². The predicted octanol–water partition coefficient (Wildman–Crippen LogP) is 0.0349. The second-order valence-corrected chi connectivity index (χ2v) is 7.14. The molecule has 17 heavy (non-hydrogen) atoms. The minimum absolute atomic E-state index is 0.0476. The molecule has 3 atom stereocenters. The molecule has 2 heterocycles. The summed E-state index contributed by atoms with van der Waals surface area (Å²) in [6.45, 7) is 4.53. The van der Waals surface area contributed by atoms with Crippen molar-refractivity contribution in [2.24, 2.45) is 5.92 Å². The van der Waals surface area contributed by atoms with Crippen LogP contribution in [-0.2, 0) is 14.8 Å². The molecule has 2 rings (SSSR count). The molecule has 0 aromatic heterocycles. The van der Waals surface area contributed by atoms with E-state index in [-0.39, 0.29) is 17.9 Å². The van der Waals surface area contributed by atoms with Gasteiger partial charge in [-0.3, -0.25) is 0 Å². The van der Waals surface area contributed by atoms with Gasteiger partial charge in [-0.25, -0.2) is 13.1 Å². The predicted molar refractivity (Wildman–Crippen MR) is 66.3 cm³/mol. The van der Waals surface area contributed by atoms with Gasteiger partial charge in [-0.1, -0.05) is 6.92 Å². The molecule has 0 aliphatic carbocycles. The average molecular weight is 262 g/mol. The van der Waals surface area contributed by atoms with Crippen LogP contribution in [0.2, 0.25) is 0 Å². The number of likely N-dealkylation sites (N-methyl/N-ethyl adjacent to an activating group) is 1. The summed E-state index contributed by atoms with van der Waals surface area (Å²) in [6, 6.07) is 0.0476. The standard InChI is InChI=1S/C11H22N2O3S/c1-9-6-13(2)7-11(9)12-17(14,15)8-10-4-3-5-16-10/h9-12H,3-8H2,1-2H3/t9-,10+,11-/m1/s1. The summed E-state index contributed by atoms with van der Waals surface area (Å²) in [5, 5.41) is 0. The second kappa shape index (κ2) is 5.22. The van der Waals surface area contributed by atoms with Gasteiger partial charge in [-0.15, -0.1) is 0 Å². The summed E-state index contributed by atoms with van der Waals surface area (Å²) < 4.78 is 32.2. The maximum Gasteiger partial charge on any atom is 0.214 e. The molecule has 0 radical (unpaired) electrons. The first-order valence-electron chi connectivity index (χ1n) is 6.26. The molecule has 6 heteroatoms. The number of likely N-dealkylation sites (tertiary alicyclic amines) is 1. The molecule has 0 saturated carbocycles. The summed E-state index contributed by atoms with van der Waals surface area (Å²) in [5.74, 6) is 0.485. The van der Waals surface area contributed by atoms with Crippen LogP contribution in [0.1, 0.15) is 19.8 Å². The van der Waals surface area contributed by atoms with Crippen LogP contribution < -0.4 is 4.72 Å². The topological polar surface area (TPSA) is 58.6 Å². The summed E-state index contributed by atoms with van der Waals surface area (Å²) in [7, 11) is -1.19. The van der Waals surface area contributed by atoms with Crippen LogP contribution in [0.25, 0.3) is 0 Å². The molecule has 0 unspecified atom stereocenters. The van der Waals surface area contributed by atoms with Gasteiger partial charge < -0.3 is 9.64 Å². The van der Waals surface area contributed by atoms with E-state index in [0.29, 0.717) is 12.5 Å². The van der Waals surface area contributed by atoms with E-state index in [4.69, 9.17) is 4.74 Å². The van der Waals surface area contributed by atoms with Crippen LogP contribution in [-0.4, -0.2) is 58.0 Å². The van der Waals surface area contributed by atoms with Gasteiger partial charge >= 0.3 is 0 Å². The molecule has 2 aliphatic heterocycles. The van der Waals surface area contributed by atoms with Gasteiger partial charge in [0.25, 0.3) is 0 Å². The van der Waals surface area contributed by atoms with Gasteiger partial charge in [0.15, 0.2) is 0 Å². The first-order chi connectivity index (χ1) is 7.96. The van der Waals surface area contributed by atoms with Gasteiger partial charge in [0.05, 0.1) is 11.9 Å². The van der Waals surface area contributed by atoms with Crippen molar-refractivity contribution in [3.63, 3.8) is 0 Å². The lowest BCUT2D eigenvalue weighted by atomic mass is 10.1. The van der Waals surface area contributed by atoms with Crippen LogP contribution in [0, 0.1) is 5.92 Å². The van der Waals surface area contributed by atoms with E-state index in [1.54, 1.807) is 0 Å². The van der Waals surface area contributed by atoms with Crippen LogP contribution in [0.5, 0.6) is 0 Å². The van der Waals surface area contributed by atoms with Crippen molar-refractivity contribution in [1.82, 2.24) is 9.62 Å². The molecule has 0 amide bonds. The van der Waals surface area contributed by atoms with E-state index in [2.05, 4.69) is 16.5 Å². The monoisotopic (exact) mass is 262 g/mol. The number of rotatable bonds is 4. The average Bonchev–Trinajstić information content (AvgIpc) is 2.76. The fourth-order valence-electron chi connectivity index (χ4n) is 2.66. The third-order valence-electron chi connectivity index (χ3n) is 3.56. The number of hydrogen-bond donors (Lipinski definition) is 1. The first-order valence-corrected chi connectivity index (χ1v) is 7.91. The van der Waals surface area contributed by atoms with E-state index in [0.717, 1.165) is 25.9 Å². The highest BCUT2D eigenvalue weighted by atomic mass is 32.2. The lowest BCUT2D eigenvalue weighted by Crippen LogP contribution is -2.42. The Morgan fingerprint density at radius 3 is 2.71 bits per heavy atom. The summed E-state index contributed by atoms with van der Waals surface area (Å²) in [6.07, 6.45) is 1.73. The lowest BCUT2D eigenvalue weighted by molar-refractivity contribution is 0.127. The number of nitrogens with zero attached hydrogens (tertiary/aromatic N) is 1. The normalized spacial score (nSPS) is 35.5. The third kappa shape index (κ3) is 3.64. The highest BCUT2D eigenvalue weighted by Gasteiger charge is 2.32. The largest absolute Gasteiger partial charge is 0.377 e. The molecular weight excluding hydrogens is 240 g/mol. The molecule has 100 valence electrons. The zero-order valence-corrected chi connectivity index (χ0v) is 11.4. The van der Waals surface area contributed by atoms with E-state index in [1.165, 1.54) is 0 Å². The molecule has 0 spiro atoms. The number of nitrogens with one attached hydrogen (secondary N) is 1. The zero-order valence-electron chi connectivity index (χ0n) is 10.6. The van der Waals surface area contributed by atoms with Crippen molar-refractivity contribution in [3.05, 3.63) is 0 Å². The minimum Gasteiger partial charge on any atom is -0.377 e. The van der Waals surface area contributed by atoms with E-state index in [9.17, 15) is 8.42 Å². The van der Waals surface area contributed by atoms with Gasteiger partial charge in [-0.05, 0) is 25.8 Å². The molecule has 1 N–H and O–H groups in total. The van der Waals surface area contributed by atoms with Crippen molar-refractivity contribution in [3.8, 4) is 0 Å². The molecule has 0 bridgehead atoms. The fraction of sp³-hybridized carbons (Fsp3) is 1.00. The molecular formula is C11H22N2O3S.